The van der Waals surface area contributed by atoms with Gasteiger partial charge in [-0.3, -0.25) is 4.79 Å². The van der Waals surface area contributed by atoms with Gasteiger partial charge >= 0.3 is 5.97 Å². The van der Waals surface area contributed by atoms with Gasteiger partial charge in [-0.15, -0.1) is 0 Å². The minimum Gasteiger partial charge on any atom is -0.482 e. The van der Waals surface area contributed by atoms with E-state index in [4.69, 9.17) is 21.1 Å². The van der Waals surface area contributed by atoms with Crippen molar-refractivity contribution < 1.29 is 19.1 Å². The third kappa shape index (κ3) is 5.93. The molecule has 0 heterocycles. The number of halogens is 1. The lowest BCUT2D eigenvalue weighted by molar-refractivity contribution is -0.150. The van der Waals surface area contributed by atoms with E-state index in [2.05, 4.69) is 5.32 Å². The van der Waals surface area contributed by atoms with Crippen LogP contribution in [0.4, 0.5) is 0 Å². The van der Waals surface area contributed by atoms with Crippen molar-refractivity contribution in [2.45, 2.75) is 13.5 Å². The number of aryl methyl sites for hydroxylation is 1. The Balaban J connectivity index is 1.68. The normalized spacial score (nSPS) is 10.1. The van der Waals surface area contributed by atoms with Crippen molar-refractivity contribution in [1.82, 2.24) is 5.32 Å². The predicted molar refractivity (Wildman–Crippen MR) is 90.9 cm³/mol. The first-order valence-electron chi connectivity index (χ1n) is 7.40. The first-order valence-corrected chi connectivity index (χ1v) is 7.77. The second-order valence-corrected chi connectivity index (χ2v) is 5.54. The molecule has 2 rings (SSSR count). The Morgan fingerprint density at radius 2 is 1.88 bits per heavy atom. The molecule has 0 aliphatic carbocycles. The summed E-state index contributed by atoms with van der Waals surface area (Å²) in [5, 5.41) is 3.21. The van der Waals surface area contributed by atoms with Crippen molar-refractivity contribution in [3.8, 4) is 5.75 Å². The van der Waals surface area contributed by atoms with Gasteiger partial charge in [-0.2, -0.15) is 0 Å². The van der Waals surface area contributed by atoms with Crippen LogP contribution in [-0.4, -0.2) is 25.1 Å². The Bertz CT molecular complexity index is 718. The smallest absolute Gasteiger partial charge is 0.344 e. The fourth-order valence-corrected chi connectivity index (χ4v) is 2.12. The van der Waals surface area contributed by atoms with Crippen LogP contribution in [0.3, 0.4) is 0 Å². The Hall–Kier alpha value is -2.53. The van der Waals surface area contributed by atoms with Crippen LogP contribution < -0.4 is 10.1 Å². The van der Waals surface area contributed by atoms with Crippen LogP contribution in [0.1, 0.15) is 11.1 Å². The molecule has 0 atom stereocenters. The molecule has 5 nitrogen and oxygen atoms in total. The Labute approximate surface area is 145 Å². The van der Waals surface area contributed by atoms with Crippen molar-refractivity contribution in [2.24, 2.45) is 0 Å². The van der Waals surface area contributed by atoms with Gasteiger partial charge in [0, 0.05) is 11.6 Å². The van der Waals surface area contributed by atoms with Crippen LogP contribution >= 0.6 is 11.6 Å². The van der Waals surface area contributed by atoms with Gasteiger partial charge in [0.25, 0.3) is 5.91 Å². The number of benzene rings is 2. The van der Waals surface area contributed by atoms with E-state index in [1.165, 1.54) is 0 Å². The highest BCUT2D eigenvalue weighted by Crippen LogP contribution is 2.14. The average molecular weight is 348 g/mol. The van der Waals surface area contributed by atoms with Crippen LogP contribution in [0.2, 0.25) is 5.02 Å². The summed E-state index contributed by atoms with van der Waals surface area (Å²) in [6.45, 7) is 1.59. The van der Waals surface area contributed by atoms with Crippen LogP contribution in [0.25, 0.3) is 0 Å². The number of ether oxygens (including phenoxy) is 2. The van der Waals surface area contributed by atoms with Crippen molar-refractivity contribution in [3.05, 3.63) is 64.7 Å². The molecule has 24 heavy (non-hydrogen) atoms. The number of hydrogen-bond donors (Lipinski definition) is 1. The molecule has 6 heteroatoms. The minimum atomic E-state index is -0.607. The van der Waals surface area contributed by atoms with E-state index in [9.17, 15) is 9.59 Å². The first kappa shape index (κ1) is 17.8. The molecule has 0 saturated carbocycles. The molecule has 0 aliphatic rings. The highest BCUT2D eigenvalue weighted by molar-refractivity contribution is 6.31. The molecule has 0 bridgehead atoms. The molecule has 0 fully saturated rings. The summed E-state index contributed by atoms with van der Waals surface area (Å²) < 4.78 is 10.2. The zero-order chi connectivity index (χ0) is 17.4. The summed E-state index contributed by atoms with van der Waals surface area (Å²) in [5.74, 6) is -0.432. The van der Waals surface area contributed by atoms with E-state index in [0.29, 0.717) is 10.8 Å². The lowest BCUT2D eigenvalue weighted by Gasteiger charge is -2.09. The largest absolute Gasteiger partial charge is 0.482 e. The van der Waals surface area contributed by atoms with Crippen molar-refractivity contribution >= 4 is 23.5 Å². The monoisotopic (exact) mass is 347 g/mol. The van der Waals surface area contributed by atoms with Crippen LogP contribution in [-0.2, 0) is 20.9 Å². The van der Waals surface area contributed by atoms with E-state index >= 15 is 0 Å². The number of esters is 1. The SMILES string of the molecule is Cc1cccc(OCC(=O)OCC(=O)NCc2ccccc2Cl)c1. The lowest BCUT2D eigenvalue weighted by atomic mass is 10.2. The number of amides is 1. The number of carbonyl (C=O) groups excluding carboxylic acids is 2. The fourth-order valence-electron chi connectivity index (χ4n) is 1.92. The van der Waals surface area contributed by atoms with Crippen molar-refractivity contribution in [1.29, 1.82) is 0 Å². The second-order valence-electron chi connectivity index (χ2n) is 5.13. The summed E-state index contributed by atoms with van der Waals surface area (Å²) >= 11 is 5.99. The van der Waals surface area contributed by atoms with Gasteiger partial charge in [-0.25, -0.2) is 4.79 Å². The van der Waals surface area contributed by atoms with E-state index in [-0.39, 0.29) is 19.8 Å². The van der Waals surface area contributed by atoms with Gasteiger partial charge in [0.05, 0.1) is 0 Å². The van der Waals surface area contributed by atoms with Gasteiger partial charge < -0.3 is 14.8 Å². The highest BCUT2D eigenvalue weighted by atomic mass is 35.5. The highest BCUT2D eigenvalue weighted by Gasteiger charge is 2.09. The summed E-state index contributed by atoms with van der Waals surface area (Å²) in [6.07, 6.45) is 0. The third-order valence-corrected chi connectivity index (χ3v) is 3.51. The molecule has 1 N–H and O–H groups in total. The first-order chi connectivity index (χ1) is 11.5. The van der Waals surface area contributed by atoms with Crippen molar-refractivity contribution in [2.75, 3.05) is 13.2 Å². The molecule has 1 amide bonds. The third-order valence-electron chi connectivity index (χ3n) is 3.14. The Morgan fingerprint density at radius 1 is 1.08 bits per heavy atom. The number of rotatable bonds is 7. The molecule has 0 aromatic heterocycles. The zero-order valence-corrected chi connectivity index (χ0v) is 14.0. The van der Waals surface area contributed by atoms with Crippen LogP contribution in [0.15, 0.2) is 48.5 Å². The Morgan fingerprint density at radius 3 is 2.62 bits per heavy atom. The van der Waals surface area contributed by atoms with Gasteiger partial charge in [0.1, 0.15) is 5.75 Å². The molecule has 2 aromatic rings. The van der Waals surface area contributed by atoms with Gasteiger partial charge in [-0.05, 0) is 36.2 Å². The molecule has 126 valence electrons. The van der Waals surface area contributed by atoms with Gasteiger partial charge in [-0.1, -0.05) is 41.9 Å². The standard InChI is InChI=1S/C18H18ClNO4/c1-13-5-4-7-15(9-13)23-12-18(22)24-11-17(21)20-10-14-6-2-3-8-16(14)19/h2-9H,10-12H2,1H3,(H,20,21). The van der Waals surface area contributed by atoms with Crippen LogP contribution in [0.5, 0.6) is 5.75 Å². The Kier molecular flexibility index (Phi) is 6.63. The summed E-state index contributed by atoms with van der Waals surface area (Å²) in [4.78, 5) is 23.3. The number of hydrogen-bond acceptors (Lipinski definition) is 4. The summed E-state index contributed by atoms with van der Waals surface area (Å²) in [5.41, 5.74) is 1.82. The molecular formula is C18H18ClNO4. The molecular weight excluding hydrogens is 330 g/mol. The molecule has 0 unspecified atom stereocenters. The zero-order valence-electron chi connectivity index (χ0n) is 13.3. The maximum Gasteiger partial charge on any atom is 0.344 e. The van der Waals surface area contributed by atoms with E-state index in [1.807, 2.05) is 43.3 Å². The summed E-state index contributed by atoms with van der Waals surface area (Å²) in [7, 11) is 0. The minimum absolute atomic E-state index is 0.249. The second kappa shape index (κ2) is 8.93. The molecule has 0 saturated heterocycles. The number of carbonyl (C=O) groups is 2. The number of nitrogens with one attached hydrogen (secondary N) is 1. The van der Waals surface area contributed by atoms with Gasteiger partial charge in [0.2, 0.25) is 0 Å². The summed E-state index contributed by atoms with van der Waals surface area (Å²) in [6, 6.07) is 14.5. The maximum absolute atomic E-state index is 11.7. The lowest BCUT2D eigenvalue weighted by Crippen LogP contribution is -2.29. The molecule has 0 spiro atoms. The topological polar surface area (TPSA) is 64.6 Å². The molecule has 0 radical (unpaired) electrons. The van der Waals surface area contributed by atoms with Crippen molar-refractivity contribution in [3.63, 3.8) is 0 Å². The maximum atomic E-state index is 11.7. The van der Waals surface area contributed by atoms with Crippen LogP contribution in [0, 0.1) is 6.92 Å². The average Bonchev–Trinajstić information content (AvgIpc) is 2.57. The molecule has 0 aliphatic heterocycles. The van der Waals surface area contributed by atoms with E-state index < -0.39 is 11.9 Å². The van der Waals surface area contributed by atoms with E-state index in [0.717, 1.165) is 11.1 Å². The fraction of sp³-hybridized carbons (Fsp3) is 0.222. The predicted octanol–water partition coefficient (Wildman–Crippen LogP) is 2.89. The van der Waals surface area contributed by atoms with E-state index in [1.54, 1.807) is 12.1 Å². The quantitative estimate of drug-likeness (QED) is 0.782. The molecule has 2 aromatic carbocycles. The van der Waals surface area contributed by atoms with Gasteiger partial charge in [0.15, 0.2) is 13.2 Å².